The molecule has 2 amide bonds. The number of hydrogen-bond acceptors (Lipinski definition) is 3. The first-order valence-electron chi connectivity index (χ1n) is 10.5. The Hall–Kier alpha value is -3.60. The van der Waals surface area contributed by atoms with Crippen LogP contribution in [0.4, 0.5) is 5.69 Å². The summed E-state index contributed by atoms with van der Waals surface area (Å²) in [5, 5.41) is 5.74. The fraction of sp³-hybridized carbons (Fsp3) is 0.231. The van der Waals surface area contributed by atoms with E-state index >= 15 is 0 Å². The lowest BCUT2D eigenvalue weighted by atomic mass is 10.1. The van der Waals surface area contributed by atoms with Crippen LogP contribution in [0.1, 0.15) is 46.5 Å². The summed E-state index contributed by atoms with van der Waals surface area (Å²) in [5.74, 6) is 0.972. The highest BCUT2D eigenvalue weighted by molar-refractivity contribution is 6.04. The number of hydrogen-bond donors (Lipinski definition) is 2. The van der Waals surface area contributed by atoms with Gasteiger partial charge in [0.2, 0.25) is 0 Å². The lowest BCUT2D eigenvalue weighted by Crippen LogP contribution is -2.22. The molecule has 5 heteroatoms. The van der Waals surface area contributed by atoms with Gasteiger partial charge in [-0.15, -0.1) is 0 Å². The van der Waals surface area contributed by atoms with E-state index in [9.17, 15) is 9.59 Å². The molecule has 3 aromatic rings. The highest BCUT2D eigenvalue weighted by Crippen LogP contribution is 2.16. The SMILES string of the molecule is CC(C)CCOc1ccc(C(=O)Nc2ccc(C(=O)NCc3ccccc3)cc2)cc1. The van der Waals surface area contributed by atoms with Crippen molar-refractivity contribution in [3.63, 3.8) is 0 Å². The van der Waals surface area contributed by atoms with E-state index in [2.05, 4.69) is 24.5 Å². The van der Waals surface area contributed by atoms with Crippen molar-refractivity contribution in [2.45, 2.75) is 26.8 Å². The molecule has 0 aromatic heterocycles. The summed E-state index contributed by atoms with van der Waals surface area (Å²) >= 11 is 0. The molecule has 0 bridgehead atoms. The maximum Gasteiger partial charge on any atom is 0.255 e. The predicted octanol–water partition coefficient (Wildman–Crippen LogP) is 5.29. The second-order valence-corrected chi connectivity index (χ2v) is 7.76. The number of nitrogens with one attached hydrogen (secondary N) is 2. The zero-order valence-electron chi connectivity index (χ0n) is 17.9. The molecule has 2 N–H and O–H groups in total. The van der Waals surface area contributed by atoms with Gasteiger partial charge in [-0.1, -0.05) is 44.2 Å². The van der Waals surface area contributed by atoms with Gasteiger partial charge in [0.25, 0.3) is 11.8 Å². The van der Waals surface area contributed by atoms with Crippen LogP contribution in [0.25, 0.3) is 0 Å². The van der Waals surface area contributed by atoms with Gasteiger partial charge in [-0.05, 0) is 66.4 Å². The fourth-order valence-electron chi connectivity index (χ4n) is 2.90. The van der Waals surface area contributed by atoms with Gasteiger partial charge < -0.3 is 15.4 Å². The second-order valence-electron chi connectivity index (χ2n) is 7.76. The highest BCUT2D eigenvalue weighted by atomic mass is 16.5. The molecule has 0 heterocycles. The average Bonchev–Trinajstić information content (AvgIpc) is 2.79. The number of benzene rings is 3. The quantitative estimate of drug-likeness (QED) is 0.498. The molecule has 0 fully saturated rings. The van der Waals surface area contributed by atoms with E-state index in [-0.39, 0.29) is 11.8 Å². The summed E-state index contributed by atoms with van der Waals surface area (Å²) in [6.45, 7) is 5.44. The third kappa shape index (κ3) is 7.00. The molecular weight excluding hydrogens is 388 g/mol. The van der Waals surface area contributed by atoms with Crippen molar-refractivity contribution in [2.75, 3.05) is 11.9 Å². The Morgan fingerprint density at radius 2 is 1.42 bits per heavy atom. The predicted molar refractivity (Wildman–Crippen MR) is 123 cm³/mol. The van der Waals surface area contributed by atoms with Gasteiger partial charge in [-0.25, -0.2) is 0 Å². The number of rotatable bonds is 9. The monoisotopic (exact) mass is 416 g/mol. The maximum atomic E-state index is 12.5. The van der Waals surface area contributed by atoms with Crippen LogP contribution in [0, 0.1) is 5.92 Å². The van der Waals surface area contributed by atoms with Gasteiger partial charge in [0.05, 0.1) is 6.61 Å². The summed E-state index contributed by atoms with van der Waals surface area (Å²) < 4.78 is 5.68. The van der Waals surface area contributed by atoms with E-state index in [0.717, 1.165) is 17.7 Å². The molecule has 5 nitrogen and oxygen atoms in total. The van der Waals surface area contributed by atoms with Crippen molar-refractivity contribution in [1.29, 1.82) is 0 Å². The minimum atomic E-state index is -0.213. The van der Waals surface area contributed by atoms with E-state index in [1.807, 2.05) is 30.3 Å². The standard InChI is InChI=1S/C26H28N2O3/c1-19(2)16-17-31-24-14-10-22(11-15-24)26(30)28-23-12-8-21(9-13-23)25(29)27-18-20-6-4-3-5-7-20/h3-15,19H,16-18H2,1-2H3,(H,27,29)(H,28,30). The lowest BCUT2D eigenvalue weighted by Gasteiger charge is -2.10. The molecular formula is C26H28N2O3. The molecule has 0 aliphatic heterocycles. The Morgan fingerprint density at radius 1 is 0.806 bits per heavy atom. The van der Waals surface area contributed by atoms with Crippen LogP contribution in [0.15, 0.2) is 78.9 Å². The molecule has 0 aliphatic rings. The van der Waals surface area contributed by atoms with Crippen molar-refractivity contribution < 1.29 is 14.3 Å². The van der Waals surface area contributed by atoms with Crippen LogP contribution >= 0.6 is 0 Å². The van der Waals surface area contributed by atoms with Crippen LogP contribution in [-0.4, -0.2) is 18.4 Å². The first kappa shape index (κ1) is 22.1. The first-order chi connectivity index (χ1) is 15.0. The van der Waals surface area contributed by atoms with Gasteiger partial charge in [0, 0.05) is 23.4 Å². The number of carbonyl (C=O) groups excluding carboxylic acids is 2. The van der Waals surface area contributed by atoms with Crippen molar-refractivity contribution in [3.05, 3.63) is 95.6 Å². The van der Waals surface area contributed by atoms with E-state index in [4.69, 9.17) is 4.74 Å². The molecule has 0 saturated carbocycles. The minimum absolute atomic E-state index is 0.158. The topological polar surface area (TPSA) is 67.4 Å². The van der Waals surface area contributed by atoms with Crippen LogP contribution in [-0.2, 0) is 6.54 Å². The number of amides is 2. The minimum Gasteiger partial charge on any atom is -0.494 e. The molecule has 160 valence electrons. The highest BCUT2D eigenvalue weighted by Gasteiger charge is 2.09. The first-order valence-corrected chi connectivity index (χ1v) is 10.5. The molecule has 3 aromatic carbocycles. The van der Waals surface area contributed by atoms with Crippen molar-refractivity contribution >= 4 is 17.5 Å². The zero-order chi connectivity index (χ0) is 22.1. The lowest BCUT2D eigenvalue weighted by molar-refractivity contribution is 0.0950. The van der Waals surface area contributed by atoms with Crippen molar-refractivity contribution in [1.82, 2.24) is 5.32 Å². The third-order valence-corrected chi connectivity index (χ3v) is 4.78. The third-order valence-electron chi connectivity index (χ3n) is 4.78. The number of anilines is 1. The molecule has 0 spiro atoms. The summed E-state index contributed by atoms with van der Waals surface area (Å²) in [5.41, 5.74) is 2.75. The summed E-state index contributed by atoms with van der Waals surface area (Å²) in [4.78, 5) is 24.8. The molecule has 31 heavy (non-hydrogen) atoms. The average molecular weight is 417 g/mol. The summed E-state index contributed by atoms with van der Waals surface area (Å²) in [6.07, 6.45) is 0.989. The largest absolute Gasteiger partial charge is 0.494 e. The van der Waals surface area contributed by atoms with Gasteiger partial charge in [-0.2, -0.15) is 0 Å². The molecule has 0 radical (unpaired) electrons. The van der Waals surface area contributed by atoms with Gasteiger partial charge in [0.15, 0.2) is 0 Å². The summed E-state index contributed by atoms with van der Waals surface area (Å²) in [6, 6.07) is 23.7. The number of ether oxygens (including phenoxy) is 1. The van der Waals surface area contributed by atoms with E-state index in [1.54, 1.807) is 48.5 Å². The maximum absolute atomic E-state index is 12.5. The van der Waals surface area contributed by atoms with Crippen LogP contribution in [0.2, 0.25) is 0 Å². The molecule has 0 atom stereocenters. The van der Waals surface area contributed by atoms with Gasteiger partial charge in [-0.3, -0.25) is 9.59 Å². The molecule has 3 rings (SSSR count). The van der Waals surface area contributed by atoms with Crippen molar-refractivity contribution in [3.8, 4) is 5.75 Å². The van der Waals surface area contributed by atoms with E-state index in [1.165, 1.54) is 0 Å². The zero-order valence-corrected chi connectivity index (χ0v) is 17.9. The Balaban J connectivity index is 1.50. The smallest absolute Gasteiger partial charge is 0.255 e. The molecule has 0 unspecified atom stereocenters. The summed E-state index contributed by atoms with van der Waals surface area (Å²) in [7, 11) is 0. The Bertz CT molecular complexity index is 981. The Labute approximate surface area is 183 Å². The van der Waals surface area contributed by atoms with Crippen LogP contribution < -0.4 is 15.4 Å². The van der Waals surface area contributed by atoms with Crippen molar-refractivity contribution in [2.24, 2.45) is 5.92 Å². The van der Waals surface area contributed by atoms with Crippen LogP contribution in [0.5, 0.6) is 5.75 Å². The van der Waals surface area contributed by atoms with E-state index < -0.39 is 0 Å². The number of carbonyl (C=O) groups is 2. The van der Waals surface area contributed by atoms with Crippen LogP contribution in [0.3, 0.4) is 0 Å². The van der Waals surface area contributed by atoms with Gasteiger partial charge in [0.1, 0.15) is 5.75 Å². The van der Waals surface area contributed by atoms with Gasteiger partial charge >= 0.3 is 0 Å². The Morgan fingerprint density at radius 3 is 2.06 bits per heavy atom. The molecule has 0 saturated heterocycles. The van der Waals surface area contributed by atoms with E-state index in [0.29, 0.717) is 35.9 Å². The molecule has 0 aliphatic carbocycles. The fourth-order valence-corrected chi connectivity index (χ4v) is 2.90. The Kier molecular flexibility index (Phi) is 7.82. The second kappa shape index (κ2) is 11.0. The normalized spacial score (nSPS) is 10.5.